The Bertz CT molecular complexity index is 903. The van der Waals surface area contributed by atoms with Crippen LogP contribution in [-0.2, 0) is 19.6 Å². The summed E-state index contributed by atoms with van der Waals surface area (Å²) in [6.07, 6.45) is 0.353. The molecular formula is C15H16N4O4S2. The smallest absolute Gasteiger partial charge is 0.263 e. The van der Waals surface area contributed by atoms with Gasteiger partial charge in [-0.3, -0.25) is 19.2 Å². The third-order valence-electron chi connectivity index (χ3n) is 3.61. The second kappa shape index (κ2) is 6.52. The van der Waals surface area contributed by atoms with Gasteiger partial charge in [0, 0.05) is 18.8 Å². The lowest BCUT2D eigenvalue weighted by Crippen LogP contribution is -2.28. The van der Waals surface area contributed by atoms with Crippen LogP contribution in [0, 0.1) is 0 Å². The molecule has 2 aromatic rings. The highest BCUT2D eigenvalue weighted by Crippen LogP contribution is 2.27. The van der Waals surface area contributed by atoms with Gasteiger partial charge in [0.05, 0.1) is 10.6 Å². The van der Waals surface area contributed by atoms with E-state index < -0.39 is 10.0 Å². The van der Waals surface area contributed by atoms with Gasteiger partial charge in [0.1, 0.15) is 5.01 Å². The zero-order chi connectivity index (χ0) is 18.2. The molecule has 0 unspecified atom stereocenters. The fourth-order valence-corrected chi connectivity index (χ4v) is 4.30. The summed E-state index contributed by atoms with van der Waals surface area (Å²) in [6, 6.07) is 5.58. The van der Waals surface area contributed by atoms with E-state index in [-0.39, 0.29) is 40.6 Å². The SMILES string of the molecule is CC(C)c1nnc(NS(=O)(=O)c2ccc(N3C(=O)CCC3=O)cc2)s1. The van der Waals surface area contributed by atoms with Crippen LogP contribution in [0.15, 0.2) is 29.2 Å². The largest absolute Gasteiger partial charge is 0.274 e. The quantitative estimate of drug-likeness (QED) is 0.796. The first-order chi connectivity index (χ1) is 11.8. The number of carbonyl (C=O) groups is 2. The summed E-state index contributed by atoms with van der Waals surface area (Å²) in [6.45, 7) is 3.89. The summed E-state index contributed by atoms with van der Waals surface area (Å²) in [5.74, 6) is -0.409. The highest BCUT2D eigenvalue weighted by atomic mass is 32.2. The van der Waals surface area contributed by atoms with Gasteiger partial charge in [0.2, 0.25) is 16.9 Å². The topological polar surface area (TPSA) is 109 Å². The molecule has 3 rings (SSSR count). The van der Waals surface area contributed by atoms with Crippen LogP contribution in [0.25, 0.3) is 0 Å². The summed E-state index contributed by atoms with van der Waals surface area (Å²) in [7, 11) is -3.82. The van der Waals surface area contributed by atoms with Crippen molar-refractivity contribution in [2.45, 2.75) is 37.5 Å². The number of carbonyl (C=O) groups excluding carboxylic acids is 2. The van der Waals surface area contributed by atoms with Gasteiger partial charge in [0.25, 0.3) is 10.0 Å². The molecule has 1 saturated heterocycles. The minimum Gasteiger partial charge on any atom is -0.274 e. The average molecular weight is 380 g/mol. The van der Waals surface area contributed by atoms with Crippen molar-refractivity contribution in [3.8, 4) is 0 Å². The second-order valence-corrected chi connectivity index (χ2v) is 8.51. The standard InChI is InChI=1S/C15H16N4O4S2/c1-9(2)14-16-17-15(24-14)18-25(22,23)11-5-3-10(4-6-11)19-12(20)7-8-13(19)21/h3-6,9H,7-8H2,1-2H3,(H,17,18). The van der Waals surface area contributed by atoms with Gasteiger partial charge in [-0.25, -0.2) is 8.42 Å². The average Bonchev–Trinajstić information content (AvgIpc) is 3.14. The number of nitrogens with one attached hydrogen (secondary N) is 1. The summed E-state index contributed by atoms with van der Waals surface area (Å²) >= 11 is 1.18. The molecule has 0 atom stereocenters. The van der Waals surface area contributed by atoms with E-state index in [4.69, 9.17) is 0 Å². The van der Waals surface area contributed by atoms with Crippen LogP contribution < -0.4 is 9.62 Å². The second-order valence-electron chi connectivity index (χ2n) is 5.82. The van der Waals surface area contributed by atoms with E-state index >= 15 is 0 Å². The minimum absolute atomic E-state index is 0.0108. The summed E-state index contributed by atoms with van der Waals surface area (Å²) in [5, 5.41) is 8.69. The lowest BCUT2D eigenvalue weighted by molar-refractivity contribution is -0.121. The molecule has 0 saturated carbocycles. The summed E-state index contributed by atoms with van der Waals surface area (Å²) < 4.78 is 27.2. The Balaban J connectivity index is 1.80. The van der Waals surface area contributed by atoms with Crippen molar-refractivity contribution >= 4 is 44.0 Å². The Morgan fingerprint density at radius 3 is 2.20 bits per heavy atom. The number of imide groups is 1. The third kappa shape index (κ3) is 3.54. The summed E-state index contributed by atoms with van der Waals surface area (Å²) in [4.78, 5) is 24.5. The molecule has 1 fully saturated rings. The molecule has 1 aliphatic rings. The van der Waals surface area contributed by atoms with E-state index in [9.17, 15) is 18.0 Å². The molecule has 0 radical (unpaired) electrons. The molecule has 0 aliphatic carbocycles. The van der Waals surface area contributed by atoms with Crippen molar-refractivity contribution in [2.75, 3.05) is 9.62 Å². The number of aromatic nitrogens is 2. The normalized spacial score (nSPS) is 15.2. The molecule has 1 aromatic carbocycles. The fourth-order valence-electron chi connectivity index (χ4n) is 2.32. The van der Waals surface area contributed by atoms with E-state index in [0.717, 1.165) is 9.91 Å². The third-order valence-corrected chi connectivity index (χ3v) is 6.24. The van der Waals surface area contributed by atoms with E-state index in [0.29, 0.717) is 5.69 Å². The van der Waals surface area contributed by atoms with Crippen molar-refractivity contribution in [1.29, 1.82) is 0 Å². The van der Waals surface area contributed by atoms with E-state index in [1.165, 1.54) is 35.6 Å². The highest BCUT2D eigenvalue weighted by Gasteiger charge is 2.30. The van der Waals surface area contributed by atoms with Crippen LogP contribution >= 0.6 is 11.3 Å². The van der Waals surface area contributed by atoms with Crippen LogP contribution in [0.5, 0.6) is 0 Å². The van der Waals surface area contributed by atoms with Crippen molar-refractivity contribution in [2.24, 2.45) is 0 Å². The number of sulfonamides is 1. The van der Waals surface area contributed by atoms with Gasteiger partial charge in [-0.15, -0.1) is 10.2 Å². The van der Waals surface area contributed by atoms with Crippen molar-refractivity contribution < 1.29 is 18.0 Å². The van der Waals surface area contributed by atoms with Crippen LogP contribution in [0.3, 0.4) is 0 Å². The van der Waals surface area contributed by atoms with Gasteiger partial charge >= 0.3 is 0 Å². The lowest BCUT2D eigenvalue weighted by Gasteiger charge is -2.14. The number of amides is 2. The van der Waals surface area contributed by atoms with Crippen LogP contribution in [0.1, 0.15) is 37.6 Å². The molecular weight excluding hydrogens is 364 g/mol. The maximum atomic E-state index is 12.4. The van der Waals surface area contributed by atoms with E-state index in [1.54, 1.807) is 0 Å². The maximum Gasteiger partial charge on any atom is 0.263 e. The molecule has 1 N–H and O–H groups in total. The van der Waals surface area contributed by atoms with Gasteiger partial charge in [-0.2, -0.15) is 0 Å². The predicted octanol–water partition coefficient (Wildman–Crippen LogP) is 2.12. The maximum absolute atomic E-state index is 12.4. The minimum atomic E-state index is -3.82. The number of hydrogen-bond donors (Lipinski definition) is 1. The molecule has 1 aromatic heterocycles. The fraction of sp³-hybridized carbons (Fsp3) is 0.333. The molecule has 2 amide bonds. The molecule has 25 heavy (non-hydrogen) atoms. The molecule has 10 heteroatoms. The van der Waals surface area contributed by atoms with E-state index in [1.807, 2.05) is 13.8 Å². The highest BCUT2D eigenvalue weighted by molar-refractivity contribution is 7.93. The Hall–Kier alpha value is -2.33. The Labute approximate surface area is 148 Å². The lowest BCUT2D eigenvalue weighted by atomic mass is 10.2. The van der Waals surface area contributed by atoms with Gasteiger partial charge in [0.15, 0.2) is 0 Å². The van der Waals surface area contributed by atoms with Gasteiger partial charge in [-0.05, 0) is 24.3 Å². The van der Waals surface area contributed by atoms with Crippen LogP contribution in [-0.4, -0.2) is 30.4 Å². The number of rotatable bonds is 5. The molecule has 8 nitrogen and oxygen atoms in total. The number of benzene rings is 1. The Morgan fingerprint density at radius 1 is 1.08 bits per heavy atom. The van der Waals surface area contributed by atoms with Crippen molar-refractivity contribution in [3.63, 3.8) is 0 Å². The van der Waals surface area contributed by atoms with E-state index in [2.05, 4.69) is 14.9 Å². The Morgan fingerprint density at radius 2 is 1.68 bits per heavy atom. The zero-order valence-electron chi connectivity index (χ0n) is 13.6. The van der Waals surface area contributed by atoms with Crippen LogP contribution in [0.4, 0.5) is 10.8 Å². The van der Waals surface area contributed by atoms with Crippen LogP contribution in [0.2, 0.25) is 0 Å². The zero-order valence-corrected chi connectivity index (χ0v) is 15.2. The Kier molecular flexibility index (Phi) is 4.56. The monoisotopic (exact) mass is 380 g/mol. The summed E-state index contributed by atoms with van der Waals surface area (Å²) in [5.41, 5.74) is 0.365. The van der Waals surface area contributed by atoms with Crippen molar-refractivity contribution in [3.05, 3.63) is 29.3 Å². The van der Waals surface area contributed by atoms with Gasteiger partial charge < -0.3 is 0 Å². The van der Waals surface area contributed by atoms with Crippen molar-refractivity contribution in [1.82, 2.24) is 10.2 Å². The predicted molar refractivity (Wildman–Crippen MR) is 93.0 cm³/mol. The number of anilines is 2. The molecule has 2 heterocycles. The molecule has 132 valence electrons. The van der Waals surface area contributed by atoms with Gasteiger partial charge in [-0.1, -0.05) is 25.2 Å². The number of hydrogen-bond acceptors (Lipinski definition) is 7. The molecule has 1 aliphatic heterocycles. The first-order valence-electron chi connectivity index (χ1n) is 7.60. The first kappa shape index (κ1) is 17.5. The molecule has 0 bridgehead atoms. The molecule has 0 spiro atoms. The first-order valence-corrected chi connectivity index (χ1v) is 9.90. The number of nitrogens with zero attached hydrogens (tertiary/aromatic N) is 3.